The summed E-state index contributed by atoms with van der Waals surface area (Å²) in [5, 5.41) is 6.65. The van der Waals surface area contributed by atoms with E-state index in [-0.39, 0.29) is 5.82 Å². The third kappa shape index (κ3) is 10.6. The molecule has 29 heavy (non-hydrogen) atoms. The molecular weight excluding hydrogens is 371 g/mol. The molecule has 0 amide bonds. The third-order valence-corrected chi connectivity index (χ3v) is 4.91. The maximum atomic E-state index is 13.0. The molecule has 6 nitrogen and oxygen atoms in total. The van der Waals surface area contributed by atoms with E-state index in [4.69, 9.17) is 9.47 Å². The van der Waals surface area contributed by atoms with E-state index >= 15 is 0 Å². The number of hydrogen-bond acceptors (Lipinski definition) is 4. The number of nitrogens with one attached hydrogen (secondary N) is 2. The summed E-state index contributed by atoms with van der Waals surface area (Å²) in [6.07, 6.45) is 3.15. The molecule has 1 aliphatic rings. The Balaban J connectivity index is 1.57. The van der Waals surface area contributed by atoms with Crippen molar-refractivity contribution in [2.75, 3.05) is 59.7 Å². The molecule has 0 aromatic heterocycles. The fraction of sp³-hybridized carbons (Fsp3) is 0.682. The van der Waals surface area contributed by atoms with Crippen molar-refractivity contribution < 1.29 is 13.9 Å². The number of hydrogen-bond donors (Lipinski definition) is 2. The highest BCUT2D eigenvalue weighted by molar-refractivity contribution is 5.79. The molecular formula is C22H37FN4O2. The van der Waals surface area contributed by atoms with Crippen LogP contribution in [0.3, 0.4) is 0 Å². The highest BCUT2D eigenvalue weighted by Crippen LogP contribution is 2.14. The second-order valence-electron chi connectivity index (χ2n) is 7.54. The van der Waals surface area contributed by atoms with Crippen molar-refractivity contribution in [2.24, 2.45) is 10.9 Å². The molecule has 0 aliphatic carbocycles. The molecule has 1 aromatic rings. The minimum Gasteiger partial charge on any atom is -0.381 e. The number of aliphatic imine (C=N–C) groups is 1. The first kappa shape index (κ1) is 23.6. The van der Waals surface area contributed by atoms with E-state index in [0.29, 0.717) is 5.92 Å². The number of likely N-dealkylation sites (N-methyl/N-ethyl adjacent to an activating group) is 1. The third-order valence-electron chi connectivity index (χ3n) is 4.91. The van der Waals surface area contributed by atoms with E-state index in [0.717, 1.165) is 89.9 Å². The summed E-state index contributed by atoms with van der Waals surface area (Å²) in [6.45, 7) is 9.43. The van der Waals surface area contributed by atoms with Gasteiger partial charge in [0.1, 0.15) is 5.82 Å². The normalized spacial score (nSPS) is 15.7. The molecule has 0 atom stereocenters. The van der Waals surface area contributed by atoms with Gasteiger partial charge in [-0.3, -0.25) is 4.99 Å². The number of guanidine groups is 1. The van der Waals surface area contributed by atoms with Crippen molar-refractivity contribution in [1.29, 1.82) is 0 Å². The van der Waals surface area contributed by atoms with Crippen LogP contribution >= 0.6 is 0 Å². The van der Waals surface area contributed by atoms with Crippen LogP contribution < -0.4 is 10.6 Å². The Labute approximate surface area is 174 Å². The van der Waals surface area contributed by atoms with E-state index in [9.17, 15) is 4.39 Å². The van der Waals surface area contributed by atoms with Crippen LogP contribution in [0.15, 0.2) is 29.3 Å². The van der Waals surface area contributed by atoms with Gasteiger partial charge < -0.3 is 25.0 Å². The van der Waals surface area contributed by atoms with Crippen LogP contribution in [-0.4, -0.2) is 70.5 Å². The SMILES string of the molecule is CCNC(=NCCCOCC1CCOCC1)NCCN(C)Cc1ccc(F)cc1. The first-order valence-corrected chi connectivity index (χ1v) is 10.8. The van der Waals surface area contributed by atoms with Gasteiger partial charge in [-0.1, -0.05) is 12.1 Å². The smallest absolute Gasteiger partial charge is 0.191 e. The molecule has 0 radical (unpaired) electrons. The van der Waals surface area contributed by atoms with Crippen molar-refractivity contribution in [2.45, 2.75) is 32.7 Å². The topological polar surface area (TPSA) is 58.1 Å². The molecule has 2 rings (SSSR count). The average molecular weight is 409 g/mol. The van der Waals surface area contributed by atoms with Gasteiger partial charge in [0.05, 0.1) is 0 Å². The zero-order chi connectivity index (χ0) is 20.7. The van der Waals surface area contributed by atoms with E-state index in [2.05, 4.69) is 34.5 Å². The van der Waals surface area contributed by atoms with Gasteiger partial charge in [-0.25, -0.2) is 4.39 Å². The molecule has 1 aromatic carbocycles. The lowest BCUT2D eigenvalue weighted by Crippen LogP contribution is -2.41. The number of benzene rings is 1. The molecule has 164 valence electrons. The molecule has 7 heteroatoms. The minimum atomic E-state index is -0.196. The van der Waals surface area contributed by atoms with Gasteiger partial charge in [-0.05, 0) is 56.8 Å². The quantitative estimate of drug-likeness (QED) is 0.316. The van der Waals surface area contributed by atoms with Gasteiger partial charge in [-0.2, -0.15) is 0 Å². The monoisotopic (exact) mass is 408 g/mol. The summed E-state index contributed by atoms with van der Waals surface area (Å²) in [7, 11) is 2.06. The van der Waals surface area contributed by atoms with Gasteiger partial charge >= 0.3 is 0 Å². The zero-order valence-electron chi connectivity index (χ0n) is 18.0. The lowest BCUT2D eigenvalue weighted by Gasteiger charge is -2.21. The average Bonchev–Trinajstić information content (AvgIpc) is 2.73. The fourth-order valence-corrected chi connectivity index (χ4v) is 3.21. The van der Waals surface area contributed by atoms with Crippen LogP contribution in [0.5, 0.6) is 0 Å². The largest absolute Gasteiger partial charge is 0.381 e. The van der Waals surface area contributed by atoms with E-state index in [1.807, 2.05) is 12.1 Å². The standard InChI is InChI=1S/C22H37FN4O2/c1-3-24-22(25-11-4-14-29-18-20-9-15-28-16-10-20)26-12-13-27(2)17-19-5-7-21(23)8-6-19/h5-8,20H,3-4,9-18H2,1-2H3,(H2,24,25,26). The molecule has 1 aliphatic heterocycles. The van der Waals surface area contributed by atoms with E-state index < -0.39 is 0 Å². The summed E-state index contributed by atoms with van der Waals surface area (Å²) in [6, 6.07) is 6.67. The number of halogens is 1. The number of ether oxygens (including phenoxy) is 2. The number of rotatable bonds is 12. The molecule has 0 unspecified atom stereocenters. The maximum absolute atomic E-state index is 13.0. The predicted molar refractivity (Wildman–Crippen MR) is 116 cm³/mol. The van der Waals surface area contributed by atoms with E-state index in [1.165, 1.54) is 12.1 Å². The van der Waals surface area contributed by atoms with Crippen molar-refractivity contribution in [3.63, 3.8) is 0 Å². The van der Waals surface area contributed by atoms with E-state index in [1.54, 1.807) is 0 Å². The Morgan fingerprint density at radius 1 is 1.24 bits per heavy atom. The zero-order valence-corrected chi connectivity index (χ0v) is 18.0. The highest BCUT2D eigenvalue weighted by Gasteiger charge is 2.13. The van der Waals surface area contributed by atoms with Crippen LogP contribution in [0.1, 0.15) is 31.7 Å². The van der Waals surface area contributed by atoms with Crippen molar-refractivity contribution in [3.8, 4) is 0 Å². The van der Waals surface area contributed by atoms with Gasteiger partial charge in [0.25, 0.3) is 0 Å². The second-order valence-corrected chi connectivity index (χ2v) is 7.54. The second kappa shape index (κ2) is 14.3. The Bertz CT molecular complexity index is 577. The fourth-order valence-electron chi connectivity index (χ4n) is 3.21. The first-order valence-electron chi connectivity index (χ1n) is 10.8. The summed E-state index contributed by atoms with van der Waals surface area (Å²) in [4.78, 5) is 6.82. The van der Waals surface area contributed by atoms with Crippen LogP contribution in [0.25, 0.3) is 0 Å². The first-order chi connectivity index (χ1) is 14.2. The maximum Gasteiger partial charge on any atom is 0.191 e. The lowest BCUT2D eigenvalue weighted by molar-refractivity contribution is 0.0205. The van der Waals surface area contributed by atoms with Crippen LogP contribution in [0, 0.1) is 11.7 Å². The molecule has 0 bridgehead atoms. The molecule has 0 spiro atoms. The van der Waals surface area contributed by atoms with Gasteiger partial charge in [0.15, 0.2) is 5.96 Å². The Hall–Kier alpha value is -1.70. The van der Waals surface area contributed by atoms with Gasteiger partial charge in [0.2, 0.25) is 0 Å². The molecule has 0 saturated carbocycles. The number of nitrogens with zero attached hydrogens (tertiary/aromatic N) is 2. The van der Waals surface area contributed by atoms with Crippen LogP contribution in [0.4, 0.5) is 4.39 Å². The van der Waals surface area contributed by atoms with Gasteiger partial charge in [-0.15, -0.1) is 0 Å². The van der Waals surface area contributed by atoms with Crippen molar-refractivity contribution >= 4 is 5.96 Å². The summed E-state index contributed by atoms with van der Waals surface area (Å²) in [5.74, 6) is 1.30. The molecule has 1 heterocycles. The van der Waals surface area contributed by atoms with Crippen LogP contribution in [-0.2, 0) is 16.0 Å². The predicted octanol–water partition coefficient (Wildman–Crippen LogP) is 2.65. The summed E-state index contributed by atoms with van der Waals surface area (Å²) in [5.41, 5.74) is 1.11. The van der Waals surface area contributed by atoms with Crippen molar-refractivity contribution in [1.82, 2.24) is 15.5 Å². The Morgan fingerprint density at radius 3 is 2.72 bits per heavy atom. The lowest BCUT2D eigenvalue weighted by atomic mass is 10.0. The van der Waals surface area contributed by atoms with Crippen molar-refractivity contribution in [3.05, 3.63) is 35.6 Å². The summed E-state index contributed by atoms with van der Waals surface area (Å²) < 4.78 is 24.2. The molecule has 2 N–H and O–H groups in total. The minimum absolute atomic E-state index is 0.196. The summed E-state index contributed by atoms with van der Waals surface area (Å²) >= 11 is 0. The Morgan fingerprint density at radius 2 is 2.00 bits per heavy atom. The Kier molecular flexibility index (Phi) is 11.6. The highest BCUT2D eigenvalue weighted by atomic mass is 19.1. The molecule has 1 saturated heterocycles. The van der Waals surface area contributed by atoms with Crippen LogP contribution in [0.2, 0.25) is 0 Å². The molecule has 1 fully saturated rings. The van der Waals surface area contributed by atoms with Gasteiger partial charge in [0, 0.05) is 59.2 Å².